The Bertz CT molecular complexity index is 1220. The number of nitrogens with one attached hydrogen (secondary N) is 1. The predicted molar refractivity (Wildman–Crippen MR) is 143 cm³/mol. The molecule has 0 bridgehead atoms. The van der Waals surface area contributed by atoms with Gasteiger partial charge in [0.2, 0.25) is 0 Å². The third-order valence-corrected chi connectivity index (χ3v) is 7.23. The number of aliphatic imine (C=N–C) groups is 1. The molecule has 4 rings (SSSR count). The summed E-state index contributed by atoms with van der Waals surface area (Å²) >= 11 is 1.40. The number of benzene rings is 2. The van der Waals surface area contributed by atoms with Crippen molar-refractivity contribution in [2.24, 2.45) is 4.99 Å². The largest absolute Gasteiger partial charge is 0.362 e. The monoisotopic (exact) mass is 459 g/mol. The lowest BCUT2D eigenvalue weighted by atomic mass is 9.86. The lowest BCUT2D eigenvalue weighted by Gasteiger charge is -2.43. The molecule has 0 saturated carbocycles. The van der Waals surface area contributed by atoms with E-state index in [-0.39, 0.29) is 11.4 Å². The average Bonchev–Trinajstić information content (AvgIpc) is 3.07. The van der Waals surface area contributed by atoms with Gasteiger partial charge in [-0.2, -0.15) is 0 Å². The van der Waals surface area contributed by atoms with E-state index in [4.69, 9.17) is 0 Å². The Kier molecular flexibility index (Phi) is 6.28. The van der Waals surface area contributed by atoms with Crippen LogP contribution in [0.2, 0.25) is 0 Å². The molecule has 0 aliphatic carbocycles. The normalized spacial score (nSPS) is 19.7. The zero-order valence-electron chi connectivity index (χ0n) is 20.7. The van der Waals surface area contributed by atoms with E-state index in [1.54, 1.807) is 0 Å². The van der Waals surface area contributed by atoms with Gasteiger partial charge < -0.3 is 10.2 Å². The topological polar surface area (TPSA) is 44.7 Å². The predicted octanol–water partition coefficient (Wildman–Crippen LogP) is 6.92. The number of hydrogen-bond acceptors (Lipinski definition) is 4. The molecule has 1 amide bonds. The van der Waals surface area contributed by atoms with Crippen molar-refractivity contribution in [3.05, 3.63) is 69.1 Å². The Hall–Kier alpha value is -2.79. The first-order valence-corrected chi connectivity index (χ1v) is 12.4. The van der Waals surface area contributed by atoms with Gasteiger partial charge in [-0.05, 0) is 106 Å². The number of nitrogens with zero attached hydrogens (tertiary/aromatic N) is 2. The summed E-state index contributed by atoms with van der Waals surface area (Å²) in [6.45, 7) is 16.2. The molecule has 33 heavy (non-hydrogen) atoms. The summed E-state index contributed by atoms with van der Waals surface area (Å²) in [5, 5.41) is 3.55. The zero-order valence-corrected chi connectivity index (χ0v) is 21.5. The Labute approximate surface area is 201 Å². The number of hydrogen-bond donors (Lipinski definition) is 1. The molecular formula is C28H33N3OS. The lowest BCUT2D eigenvalue weighted by molar-refractivity contribution is -0.115. The molecular weight excluding hydrogens is 426 g/mol. The quantitative estimate of drug-likeness (QED) is 0.505. The highest BCUT2D eigenvalue weighted by Crippen LogP contribution is 2.41. The number of thioether (sulfide) groups is 1. The second kappa shape index (κ2) is 8.86. The number of fused-ring (bicyclic) bond motifs is 1. The number of anilines is 1. The lowest BCUT2D eigenvalue weighted by Crippen LogP contribution is -2.45. The minimum atomic E-state index is -0.0957. The minimum Gasteiger partial charge on any atom is -0.362 e. The van der Waals surface area contributed by atoms with Gasteiger partial charge >= 0.3 is 0 Å². The molecule has 1 fully saturated rings. The number of carbonyl (C=O) groups excluding carboxylic acids is 1. The van der Waals surface area contributed by atoms with Crippen molar-refractivity contribution < 1.29 is 4.79 Å². The van der Waals surface area contributed by atoms with Crippen molar-refractivity contribution in [2.45, 2.75) is 60.4 Å². The molecule has 0 radical (unpaired) electrons. The van der Waals surface area contributed by atoms with Crippen LogP contribution in [0.4, 0.5) is 11.4 Å². The van der Waals surface area contributed by atoms with Crippen molar-refractivity contribution in [2.75, 3.05) is 11.4 Å². The standard InChI is InChI=1S/C28H33N3OS/c1-8-11-31-24-13-18(3)21(14-22(24)20(5)16-28(31,6)7)15-25-26(32)30-27(33-25)29-23-10-9-17(2)12-19(23)4/h9-10,12-16H,8,11H2,1-7H3,(H,29,30,32)/b25-15+. The van der Waals surface area contributed by atoms with Crippen LogP contribution >= 0.6 is 11.8 Å². The molecule has 1 N–H and O–H groups in total. The Morgan fingerprint density at radius 3 is 2.55 bits per heavy atom. The molecule has 2 aromatic rings. The van der Waals surface area contributed by atoms with E-state index in [1.165, 1.54) is 39.7 Å². The average molecular weight is 460 g/mol. The fourth-order valence-corrected chi connectivity index (χ4v) is 5.52. The van der Waals surface area contributed by atoms with Crippen LogP contribution in [-0.4, -0.2) is 23.2 Å². The first-order chi connectivity index (χ1) is 15.6. The van der Waals surface area contributed by atoms with E-state index in [9.17, 15) is 4.79 Å². The van der Waals surface area contributed by atoms with Crippen molar-refractivity contribution in [1.82, 2.24) is 5.32 Å². The van der Waals surface area contributed by atoms with Crippen LogP contribution < -0.4 is 10.2 Å². The van der Waals surface area contributed by atoms with Gasteiger partial charge in [-0.3, -0.25) is 4.79 Å². The van der Waals surface area contributed by atoms with E-state index in [0.717, 1.165) is 29.8 Å². The molecule has 2 heterocycles. The van der Waals surface area contributed by atoms with E-state index in [1.807, 2.05) is 25.1 Å². The molecule has 5 heteroatoms. The van der Waals surface area contributed by atoms with Crippen LogP contribution in [-0.2, 0) is 4.79 Å². The number of rotatable bonds is 4. The van der Waals surface area contributed by atoms with Gasteiger partial charge in [-0.15, -0.1) is 0 Å². The van der Waals surface area contributed by atoms with E-state index < -0.39 is 0 Å². The van der Waals surface area contributed by atoms with Crippen LogP contribution in [0.15, 0.2) is 46.3 Å². The first kappa shape index (κ1) is 23.4. The van der Waals surface area contributed by atoms with Gasteiger partial charge in [0.15, 0.2) is 5.17 Å². The highest BCUT2D eigenvalue weighted by molar-refractivity contribution is 8.18. The number of amides is 1. The number of amidine groups is 1. The van der Waals surface area contributed by atoms with E-state index in [0.29, 0.717) is 10.1 Å². The van der Waals surface area contributed by atoms with E-state index in [2.05, 4.69) is 81.0 Å². The van der Waals surface area contributed by atoms with Crippen LogP contribution in [0.25, 0.3) is 11.6 Å². The second-order valence-corrected chi connectivity index (χ2v) is 10.7. The maximum atomic E-state index is 12.7. The zero-order chi connectivity index (χ0) is 23.9. The first-order valence-electron chi connectivity index (χ1n) is 11.6. The molecule has 0 spiro atoms. The fourth-order valence-electron chi connectivity index (χ4n) is 4.69. The van der Waals surface area contributed by atoms with Crippen molar-refractivity contribution in [3.63, 3.8) is 0 Å². The van der Waals surface area contributed by atoms with Crippen LogP contribution in [0.1, 0.15) is 61.9 Å². The SMILES string of the molecule is CCCN1c2cc(C)c(/C=C3/SC(=Nc4ccc(C)cc4C)NC3=O)cc2C(C)=CC1(C)C. The maximum Gasteiger partial charge on any atom is 0.264 e. The molecule has 0 aromatic heterocycles. The number of carbonyl (C=O) groups is 1. The fraction of sp³-hybridized carbons (Fsp3) is 0.357. The summed E-state index contributed by atoms with van der Waals surface area (Å²) in [5.41, 5.74) is 9.21. The summed E-state index contributed by atoms with van der Waals surface area (Å²) in [5.74, 6) is -0.0957. The van der Waals surface area contributed by atoms with Crippen LogP contribution in [0.3, 0.4) is 0 Å². The van der Waals surface area contributed by atoms with Crippen molar-refractivity contribution in [3.8, 4) is 0 Å². The molecule has 4 nitrogen and oxygen atoms in total. The highest BCUT2D eigenvalue weighted by atomic mass is 32.2. The molecule has 0 unspecified atom stereocenters. The van der Waals surface area contributed by atoms with Gasteiger partial charge in [0, 0.05) is 17.8 Å². The summed E-state index contributed by atoms with van der Waals surface area (Å²) in [6, 6.07) is 10.7. The molecule has 172 valence electrons. The third-order valence-electron chi connectivity index (χ3n) is 6.32. The van der Waals surface area contributed by atoms with Crippen LogP contribution in [0.5, 0.6) is 0 Å². The molecule has 2 aromatic carbocycles. The van der Waals surface area contributed by atoms with Crippen molar-refractivity contribution >= 4 is 45.9 Å². The van der Waals surface area contributed by atoms with Gasteiger partial charge in [-0.25, -0.2) is 4.99 Å². The van der Waals surface area contributed by atoms with Gasteiger partial charge in [0.1, 0.15) is 0 Å². The molecule has 1 saturated heterocycles. The maximum absolute atomic E-state index is 12.7. The van der Waals surface area contributed by atoms with Gasteiger partial charge in [-0.1, -0.05) is 30.7 Å². The smallest absolute Gasteiger partial charge is 0.264 e. The highest BCUT2D eigenvalue weighted by Gasteiger charge is 2.31. The summed E-state index contributed by atoms with van der Waals surface area (Å²) in [7, 11) is 0. The third kappa shape index (κ3) is 4.65. The summed E-state index contributed by atoms with van der Waals surface area (Å²) < 4.78 is 0. The number of aryl methyl sites for hydroxylation is 3. The Morgan fingerprint density at radius 1 is 1.09 bits per heavy atom. The molecule has 0 atom stereocenters. The Morgan fingerprint density at radius 2 is 1.85 bits per heavy atom. The number of allylic oxidation sites excluding steroid dienone is 1. The molecule has 2 aliphatic rings. The summed E-state index contributed by atoms with van der Waals surface area (Å²) in [6.07, 6.45) is 5.44. The van der Waals surface area contributed by atoms with Gasteiger partial charge in [0.05, 0.1) is 16.1 Å². The van der Waals surface area contributed by atoms with Crippen molar-refractivity contribution in [1.29, 1.82) is 0 Å². The Balaban J connectivity index is 1.68. The van der Waals surface area contributed by atoms with Crippen LogP contribution in [0, 0.1) is 20.8 Å². The van der Waals surface area contributed by atoms with E-state index >= 15 is 0 Å². The minimum absolute atomic E-state index is 0.0137. The summed E-state index contributed by atoms with van der Waals surface area (Å²) in [4.78, 5) is 20.5. The van der Waals surface area contributed by atoms with Gasteiger partial charge in [0.25, 0.3) is 5.91 Å². The molecule has 2 aliphatic heterocycles. The second-order valence-electron chi connectivity index (χ2n) is 9.63.